The maximum Gasteiger partial charge on any atom is 0.263 e. The normalized spacial score (nSPS) is 16.1. The number of hydrogen-bond donors (Lipinski definition) is 1. The molecule has 2 rings (SSSR count). The lowest BCUT2D eigenvalue weighted by Crippen LogP contribution is -2.84. The number of methoxy groups -OCH3 is 1. The Kier molecular flexibility index (Phi) is 1.54. The number of fused-ring (bicyclic) bond motifs is 1. The van der Waals surface area contributed by atoms with Crippen molar-refractivity contribution < 1.29 is 14.6 Å². The zero-order chi connectivity index (χ0) is 7.68. The molecular formula is C7H11N2O2+. The van der Waals surface area contributed by atoms with E-state index in [-0.39, 0.29) is 0 Å². The second-order valence-corrected chi connectivity index (χ2v) is 2.63. The molecule has 0 saturated carbocycles. The number of aromatic nitrogens is 1. The molecule has 0 atom stereocenters. The Hall–Kier alpha value is -1.03. The largest absolute Gasteiger partial charge is 0.478 e. The van der Waals surface area contributed by atoms with Gasteiger partial charge in [0, 0.05) is 0 Å². The van der Waals surface area contributed by atoms with Crippen LogP contribution >= 0.6 is 0 Å². The van der Waals surface area contributed by atoms with E-state index < -0.39 is 0 Å². The first-order valence-corrected chi connectivity index (χ1v) is 3.75. The maximum atomic E-state index is 5.08. The highest BCUT2D eigenvalue weighted by Crippen LogP contribution is 2.21. The summed E-state index contributed by atoms with van der Waals surface area (Å²) >= 11 is 0. The van der Waals surface area contributed by atoms with Crippen molar-refractivity contribution in [2.75, 3.05) is 13.7 Å². The smallest absolute Gasteiger partial charge is 0.263 e. The van der Waals surface area contributed by atoms with Crippen LogP contribution in [0.25, 0.3) is 0 Å². The molecule has 11 heavy (non-hydrogen) atoms. The Morgan fingerprint density at radius 1 is 1.64 bits per heavy atom. The van der Waals surface area contributed by atoms with Crippen LogP contribution in [-0.4, -0.2) is 18.8 Å². The van der Waals surface area contributed by atoms with E-state index in [1.165, 1.54) is 0 Å². The number of rotatable bonds is 1. The van der Waals surface area contributed by atoms with Crippen LogP contribution in [0.1, 0.15) is 11.3 Å². The van der Waals surface area contributed by atoms with Gasteiger partial charge in [-0.2, -0.15) is 0 Å². The molecule has 1 aliphatic heterocycles. The van der Waals surface area contributed by atoms with Gasteiger partial charge in [-0.05, 0) is 5.16 Å². The Morgan fingerprint density at radius 2 is 2.55 bits per heavy atom. The summed E-state index contributed by atoms with van der Waals surface area (Å²) in [7, 11) is 1.62. The van der Waals surface area contributed by atoms with Gasteiger partial charge in [-0.15, -0.1) is 0 Å². The van der Waals surface area contributed by atoms with Crippen molar-refractivity contribution in [1.29, 1.82) is 0 Å². The van der Waals surface area contributed by atoms with Gasteiger partial charge in [0.25, 0.3) is 5.88 Å². The van der Waals surface area contributed by atoms with Gasteiger partial charge in [0.2, 0.25) is 0 Å². The van der Waals surface area contributed by atoms with Gasteiger partial charge < -0.3 is 14.6 Å². The Balaban J connectivity index is 2.38. The molecule has 1 aliphatic rings. The van der Waals surface area contributed by atoms with E-state index in [2.05, 4.69) is 10.5 Å². The van der Waals surface area contributed by atoms with Crippen LogP contribution in [0.2, 0.25) is 0 Å². The van der Waals surface area contributed by atoms with Crippen molar-refractivity contribution in [3.05, 3.63) is 11.3 Å². The number of nitrogens with two attached hydrogens (primary N) is 1. The minimum atomic E-state index is 0.649. The van der Waals surface area contributed by atoms with Gasteiger partial charge in [0.15, 0.2) is 5.76 Å². The molecule has 4 heteroatoms. The third-order valence-corrected chi connectivity index (χ3v) is 1.95. The summed E-state index contributed by atoms with van der Waals surface area (Å²) < 4.78 is 10.1. The highest BCUT2D eigenvalue weighted by atomic mass is 16.5. The van der Waals surface area contributed by atoms with E-state index >= 15 is 0 Å². The van der Waals surface area contributed by atoms with E-state index in [4.69, 9.17) is 9.26 Å². The molecule has 0 unspecified atom stereocenters. The van der Waals surface area contributed by atoms with Gasteiger partial charge in [-0.3, -0.25) is 0 Å². The summed E-state index contributed by atoms with van der Waals surface area (Å²) in [6.45, 7) is 2.02. The van der Waals surface area contributed by atoms with Crippen molar-refractivity contribution in [3.63, 3.8) is 0 Å². The average Bonchev–Trinajstić information content (AvgIpc) is 2.47. The molecule has 0 spiro atoms. The van der Waals surface area contributed by atoms with Crippen LogP contribution in [0.15, 0.2) is 4.52 Å². The molecule has 2 N–H and O–H groups in total. The lowest BCUT2D eigenvalue weighted by atomic mass is 10.1. The van der Waals surface area contributed by atoms with Crippen molar-refractivity contribution in [3.8, 4) is 5.88 Å². The zero-order valence-electron chi connectivity index (χ0n) is 6.46. The molecule has 2 heterocycles. The van der Waals surface area contributed by atoms with Gasteiger partial charge in [0.05, 0.1) is 20.1 Å². The molecule has 0 fully saturated rings. The van der Waals surface area contributed by atoms with Gasteiger partial charge in [-0.1, -0.05) is 0 Å². The second kappa shape index (κ2) is 2.54. The molecule has 0 saturated heterocycles. The van der Waals surface area contributed by atoms with E-state index in [0.29, 0.717) is 5.88 Å². The number of hydrogen-bond acceptors (Lipinski definition) is 3. The second-order valence-electron chi connectivity index (χ2n) is 2.63. The summed E-state index contributed by atoms with van der Waals surface area (Å²) in [5.41, 5.74) is 1.12. The molecule has 1 aromatic heterocycles. The zero-order valence-corrected chi connectivity index (χ0v) is 6.46. The maximum absolute atomic E-state index is 5.08. The first-order valence-electron chi connectivity index (χ1n) is 3.75. The molecule has 0 aliphatic carbocycles. The van der Waals surface area contributed by atoms with Crippen molar-refractivity contribution in [2.45, 2.75) is 13.0 Å². The van der Waals surface area contributed by atoms with E-state index in [9.17, 15) is 0 Å². The van der Waals surface area contributed by atoms with Gasteiger partial charge >= 0.3 is 0 Å². The van der Waals surface area contributed by atoms with Crippen LogP contribution in [-0.2, 0) is 13.0 Å². The fourth-order valence-corrected chi connectivity index (χ4v) is 1.36. The number of ether oxygens (including phenoxy) is 1. The summed E-state index contributed by atoms with van der Waals surface area (Å²) in [5, 5.41) is 6.02. The Morgan fingerprint density at radius 3 is 3.36 bits per heavy atom. The Labute approximate surface area is 64.5 Å². The van der Waals surface area contributed by atoms with Crippen LogP contribution in [0.5, 0.6) is 5.88 Å². The molecule has 0 amide bonds. The average molecular weight is 155 g/mol. The molecule has 0 radical (unpaired) electrons. The van der Waals surface area contributed by atoms with Crippen LogP contribution in [0, 0.1) is 0 Å². The topological polar surface area (TPSA) is 51.9 Å². The van der Waals surface area contributed by atoms with Crippen LogP contribution in [0.3, 0.4) is 0 Å². The van der Waals surface area contributed by atoms with Crippen LogP contribution < -0.4 is 10.1 Å². The highest BCUT2D eigenvalue weighted by molar-refractivity contribution is 5.28. The quantitative estimate of drug-likeness (QED) is 0.583. The third kappa shape index (κ3) is 0.991. The summed E-state index contributed by atoms with van der Waals surface area (Å²) in [6, 6.07) is 0. The first kappa shape index (κ1) is 6.67. The Bertz CT molecular complexity index is 243. The molecule has 4 nitrogen and oxygen atoms in total. The third-order valence-electron chi connectivity index (χ3n) is 1.95. The number of quaternary nitrogens is 1. The highest BCUT2D eigenvalue weighted by Gasteiger charge is 2.21. The standard InChI is InChI=1S/C7H10N2O2/c1-10-7-5-4-8-3-2-6(5)11-9-7/h8H,2-4H2,1H3/p+1. The predicted octanol–water partition coefficient (Wildman–Crippen LogP) is -0.697. The number of nitrogens with zero attached hydrogens (tertiary/aromatic N) is 1. The lowest BCUT2D eigenvalue weighted by molar-refractivity contribution is -0.673. The van der Waals surface area contributed by atoms with Gasteiger partial charge in [-0.25, -0.2) is 0 Å². The molecule has 0 bridgehead atoms. The molecule has 0 aromatic carbocycles. The minimum absolute atomic E-state index is 0.649. The first-order chi connectivity index (χ1) is 5.42. The van der Waals surface area contributed by atoms with E-state index in [1.807, 2.05) is 0 Å². The van der Waals surface area contributed by atoms with E-state index in [1.54, 1.807) is 7.11 Å². The molecule has 60 valence electrons. The van der Waals surface area contributed by atoms with Crippen molar-refractivity contribution in [2.24, 2.45) is 0 Å². The van der Waals surface area contributed by atoms with Crippen molar-refractivity contribution in [1.82, 2.24) is 5.16 Å². The molecule has 1 aromatic rings. The monoisotopic (exact) mass is 155 g/mol. The fraction of sp³-hybridized carbons (Fsp3) is 0.571. The summed E-state index contributed by atoms with van der Waals surface area (Å²) in [4.78, 5) is 0. The van der Waals surface area contributed by atoms with Gasteiger partial charge in [0.1, 0.15) is 12.1 Å². The minimum Gasteiger partial charge on any atom is -0.478 e. The van der Waals surface area contributed by atoms with Crippen molar-refractivity contribution >= 4 is 0 Å². The fourth-order valence-electron chi connectivity index (χ4n) is 1.36. The summed E-state index contributed by atoms with van der Waals surface area (Å²) in [5.74, 6) is 1.64. The van der Waals surface area contributed by atoms with E-state index in [0.717, 1.165) is 30.8 Å². The summed E-state index contributed by atoms with van der Waals surface area (Å²) in [6.07, 6.45) is 0.964. The molecular weight excluding hydrogens is 144 g/mol. The lowest BCUT2D eigenvalue weighted by Gasteiger charge is -2.06. The predicted molar refractivity (Wildman–Crippen MR) is 37.3 cm³/mol. The van der Waals surface area contributed by atoms with Crippen LogP contribution in [0.4, 0.5) is 0 Å². The SMILES string of the molecule is COc1noc2c1C[NH2+]CC2.